The summed E-state index contributed by atoms with van der Waals surface area (Å²) in [5.41, 5.74) is 0.746. The smallest absolute Gasteiger partial charge is 0.252 e. The van der Waals surface area contributed by atoms with Crippen LogP contribution in [0.3, 0.4) is 0 Å². The second kappa shape index (κ2) is 4.56. The molecule has 0 bridgehead atoms. The third kappa shape index (κ3) is 1.69. The van der Waals surface area contributed by atoms with Crippen LogP contribution in [-0.2, 0) is 0 Å². The summed E-state index contributed by atoms with van der Waals surface area (Å²) in [6, 6.07) is 2.20. The van der Waals surface area contributed by atoms with E-state index in [0.717, 1.165) is 0 Å². The third-order valence-corrected chi connectivity index (χ3v) is 4.62. The molecule has 5 N–H and O–H groups in total. The van der Waals surface area contributed by atoms with Crippen molar-refractivity contribution in [1.82, 2.24) is 5.32 Å². The van der Waals surface area contributed by atoms with Crippen molar-refractivity contribution in [3.05, 3.63) is 23.3 Å². The van der Waals surface area contributed by atoms with Gasteiger partial charge in [0.1, 0.15) is 18.3 Å². The molecule has 2 aliphatic heterocycles. The number of hydrogen-bond acceptors (Lipinski definition) is 7. The van der Waals surface area contributed by atoms with Crippen molar-refractivity contribution in [2.24, 2.45) is 0 Å². The first-order valence-corrected chi connectivity index (χ1v) is 6.95. The van der Waals surface area contributed by atoms with E-state index in [2.05, 4.69) is 5.32 Å². The highest BCUT2D eigenvalue weighted by atomic mass is 16.7. The van der Waals surface area contributed by atoms with Crippen molar-refractivity contribution in [1.29, 1.82) is 0 Å². The maximum atomic E-state index is 12.2. The van der Waals surface area contributed by atoms with Crippen LogP contribution in [0.2, 0.25) is 0 Å². The quantitative estimate of drug-likeness (QED) is 0.377. The van der Waals surface area contributed by atoms with E-state index < -0.39 is 42.3 Å². The van der Waals surface area contributed by atoms with E-state index >= 15 is 0 Å². The topological polar surface area (TPSA) is 128 Å². The number of rotatable bonds is 0. The minimum absolute atomic E-state index is 0.0421. The van der Waals surface area contributed by atoms with Gasteiger partial charge < -0.3 is 35.2 Å². The van der Waals surface area contributed by atoms with Gasteiger partial charge in [0.05, 0.1) is 12.1 Å². The summed E-state index contributed by atoms with van der Waals surface area (Å²) in [6.07, 6.45) is -5.76. The summed E-state index contributed by atoms with van der Waals surface area (Å²) in [4.78, 5) is 12.2. The third-order valence-electron chi connectivity index (χ3n) is 4.62. The molecular formula is C14H15NO7. The van der Waals surface area contributed by atoms with Gasteiger partial charge in [-0.3, -0.25) is 4.79 Å². The van der Waals surface area contributed by atoms with Crippen LogP contribution in [0.25, 0.3) is 0 Å². The highest BCUT2D eigenvalue weighted by molar-refractivity contribution is 5.98. The zero-order valence-corrected chi connectivity index (χ0v) is 11.3. The fourth-order valence-corrected chi connectivity index (χ4v) is 3.47. The Morgan fingerprint density at radius 1 is 0.955 bits per heavy atom. The van der Waals surface area contributed by atoms with Crippen LogP contribution in [0, 0.1) is 0 Å². The summed E-state index contributed by atoms with van der Waals surface area (Å²) in [5, 5.41) is 42.7. The fraction of sp³-hybridized carbons (Fsp3) is 0.500. The van der Waals surface area contributed by atoms with E-state index in [-0.39, 0.29) is 6.79 Å². The maximum Gasteiger partial charge on any atom is 0.252 e. The van der Waals surface area contributed by atoms with Gasteiger partial charge >= 0.3 is 0 Å². The van der Waals surface area contributed by atoms with Crippen molar-refractivity contribution in [2.45, 2.75) is 36.4 Å². The SMILES string of the molecule is O=C1N[C@H]2[C@@H](O)[C@H](O)[C@H](O)[C@H](O)[C@@H]2c2cc3c(cc21)OCO3. The van der Waals surface area contributed by atoms with Gasteiger partial charge in [0.15, 0.2) is 11.5 Å². The molecule has 1 fully saturated rings. The zero-order valence-electron chi connectivity index (χ0n) is 11.3. The predicted molar refractivity (Wildman–Crippen MR) is 70.6 cm³/mol. The average Bonchev–Trinajstić information content (AvgIpc) is 2.96. The van der Waals surface area contributed by atoms with Gasteiger partial charge in [-0.1, -0.05) is 0 Å². The van der Waals surface area contributed by atoms with E-state index in [1.165, 1.54) is 6.07 Å². The summed E-state index contributed by atoms with van der Waals surface area (Å²) >= 11 is 0. The Kier molecular flexibility index (Phi) is 2.85. The molecule has 8 nitrogen and oxygen atoms in total. The minimum atomic E-state index is -1.54. The van der Waals surface area contributed by atoms with Crippen LogP contribution in [0.5, 0.6) is 11.5 Å². The lowest BCUT2D eigenvalue weighted by Gasteiger charge is -2.47. The molecule has 1 aromatic carbocycles. The number of ether oxygens (including phenoxy) is 2. The second-order valence-electron chi connectivity index (χ2n) is 5.78. The molecule has 2 heterocycles. The molecule has 6 atom stereocenters. The fourth-order valence-electron chi connectivity index (χ4n) is 3.47. The number of carbonyl (C=O) groups excluding carboxylic acids is 1. The van der Waals surface area contributed by atoms with Crippen LogP contribution in [-0.4, -0.2) is 63.6 Å². The van der Waals surface area contributed by atoms with Gasteiger partial charge in [-0.25, -0.2) is 0 Å². The maximum absolute atomic E-state index is 12.2. The number of carbonyl (C=O) groups is 1. The number of benzene rings is 1. The van der Waals surface area contributed by atoms with Crippen molar-refractivity contribution >= 4 is 5.91 Å². The van der Waals surface area contributed by atoms with Gasteiger partial charge in [-0.15, -0.1) is 0 Å². The van der Waals surface area contributed by atoms with E-state index in [1.54, 1.807) is 6.07 Å². The van der Waals surface area contributed by atoms with Crippen molar-refractivity contribution in [2.75, 3.05) is 6.79 Å². The normalized spacial score (nSPS) is 39.0. The monoisotopic (exact) mass is 309 g/mol. The van der Waals surface area contributed by atoms with Gasteiger partial charge in [-0.2, -0.15) is 0 Å². The summed E-state index contributed by atoms with van der Waals surface area (Å²) in [7, 11) is 0. The molecule has 3 aliphatic rings. The molecule has 0 unspecified atom stereocenters. The molecule has 22 heavy (non-hydrogen) atoms. The summed E-state index contributed by atoms with van der Waals surface area (Å²) in [5.74, 6) is -0.326. The molecule has 1 saturated carbocycles. The van der Waals surface area contributed by atoms with Gasteiger partial charge in [-0.05, 0) is 17.7 Å². The average molecular weight is 309 g/mol. The van der Waals surface area contributed by atoms with Crippen molar-refractivity contribution < 1.29 is 34.7 Å². The molecule has 8 heteroatoms. The van der Waals surface area contributed by atoms with E-state index in [0.29, 0.717) is 22.6 Å². The van der Waals surface area contributed by atoms with Gasteiger partial charge in [0.2, 0.25) is 6.79 Å². The van der Waals surface area contributed by atoms with Crippen molar-refractivity contribution in [3.63, 3.8) is 0 Å². The molecule has 1 amide bonds. The number of hydrogen-bond donors (Lipinski definition) is 5. The largest absolute Gasteiger partial charge is 0.454 e. The first kappa shape index (κ1) is 13.8. The molecule has 1 aliphatic carbocycles. The number of aliphatic hydroxyl groups excluding tert-OH is 4. The van der Waals surface area contributed by atoms with Crippen LogP contribution in [0.15, 0.2) is 12.1 Å². The first-order valence-electron chi connectivity index (χ1n) is 6.95. The van der Waals surface area contributed by atoms with Crippen molar-refractivity contribution in [3.8, 4) is 11.5 Å². The first-order chi connectivity index (χ1) is 10.5. The zero-order chi connectivity index (χ0) is 15.6. The Hall–Kier alpha value is -1.87. The van der Waals surface area contributed by atoms with Crippen LogP contribution >= 0.6 is 0 Å². The Bertz CT molecular complexity index is 648. The lowest BCUT2D eigenvalue weighted by Crippen LogP contribution is -2.66. The lowest BCUT2D eigenvalue weighted by atomic mass is 9.70. The summed E-state index contributed by atoms with van der Waals surface area (Å²) < 4.78 is 10.5. The number of fused-ring (bicyclic) bond motifs is 4. The van der Waals surface area contributed by atoms with Crippen LogP contribution in [0.1, 0.15) is 21.8 Å². The van der Waals surface area contributed by atoms with E-state index in [1.807, 2.05) is 0 Å². The van der Waals surface area contributed by atoms with Gasteiger partial charge in [0, 0.05) is 11.5 Å². The minimum Gasteiger partial charge on any atom is -0.454 e. The predicted octanol–water partition coefficient (Wildman–Crippen LogP) is -1.93. The number of nitrogens with one attached hydrogen (secondary N) is 1. The number of amides is 1. The highest BCUT2D eigenvalue weighted by Crippen LogP contribution is 2.44. The van der Waals surface area contributed by atoms with E-state index in [4.69, 9.17) is 9.47 Å². The molecule has 0 radical (unpaired) electrons. The Labute approximate surface area is 124 Å². The van der Waals surface area contributed by atoms with Crippen LogP contribution < -0.4 is 14.8 Å². The molecule has 1 aromatic rings. The summed E-state index contributed by atoms with van der Waals surface area (Å²) in [6.45, 7) is 0.0421. The van der Waals surface area contributed by atoms with Crippen LogP contribution in [0.4, 0.5) is 0 Å². The Morgan fingerprint density at radius 3 is 2.32 bits per heavy atom. The Morgan fingerprint density at radius 2 is 1.59 bits per heavy atom. The van der Waals surface area contributed by atoms with Gasteiger partial charge in [0.25, 0.3) is 5.91 Å². The number of aliphatic hydroxyl groups is 4. The standard InChI is InChI=1S/C14H15NO7/c16-10-8-4-1-6-7(22-3-21-6)2-5(4)14(20)15-9(8)11(17)13(19)12(10)18/h1-2,8-13,16-19H,3H2,(H,15,20)/t8-,9-,10-,11-,12-,13+/m1/s1. The Balaban J connectivity index is 1.86. The molecule has 0 saturated heterocycles. The molecule has 0 aromatic heterocycles. The highest BCUT2D eigenvalue weighted by Gasteiger charge is 2.52. The van der Waals surface area contributed by atoms with E-state index in [9.17, 15) is 25.2 Å². The second-order valence-corrected chi connectivity index (χ2v) is 5.78. The molecule has 4 rings (SSSR count). The lowest BCUT2D eigenvalue weighted by molar-refractivity contribution is -0.155. The molecule has 0 spiro atoms. The molecular weight excluding hydrogens is 294 g/mol. The molecule has 118 valence electrons.